The fourth-order valence-electron chi connectivity index (χ4n) is 1.87. The molecule has 0 aliphatic rings. The summed E-state index contributed by atoms with van der Waals surface area (Å²) in [7, 11) is 3.33. The number of benzene rings is 1. The van der Waals surface area contributed by atoms with E-state index < -0.39 is 6.04 Å². The molecule has 5 nitrogen and oxygen atoms in total. The summed E-state index contributed by atoms with van der Waals surface area (Å²) in [5.74, 6) is -0.210. The molecule has 0 fully saturated rings. The minimum Gasteiger partial charge on any atom is -0.355 e. The Hall–Kier alpha value is -1.59. The van der Waals surface area contributed by atoms with Crippen LogP contribution in [-0.4, -0.2) is 36.9 Å². The van der Waals surface area contributed by atoms with E-state index in [1.54, 1.807) is 31.1 Å². The molecule has 1 aromatic rings. The Bertz CT molecular complexity index is 509. The van der Waals surface area contributed by atoms with Crippen LogP contribution in [0.2, 0.25) is 0 Å². The van der Waals surface area contributed by atoms with Gasteiger partial charge in [-0.2, -0.15) is 0 Å². The van der Waals surface area contributed by atoms with Crippen LogP contribution in [0.5, 0.6) is 0 Å². The van der Waals surface area contributed by atoms with E-state index in [0.717, 1.165) is 5.56 Å². The van der Waals surface area contributed by atoms with E-state index in [1.807, 2.05) is 32.9 Å². The third kappa shape index (κ3) is 5.31. The predicted octanol–water partition coefficient (Wildman–Crippen LogP) is 1.80. The minimum absolute atomic E-state index is 0. The first-order valence-electron chi connectivity index (χ1n) is 6.98. The van der Waals surface area contributed by atoms with Crippen LogP contribution in [0.15, 0.2) is 24.3 Å². The molecule has 0 saturated carbocycles. The lowest BCUT2D eigenvalue weighted by molar-refractivity contribution is -0.134. The van der Waals surface area contributed by atoms with Crippen molar-refractivity contribution in [3.05, 3.63) is 35.4 Å². The molecule has 22 heavy (non-hydrogen) atoms. The van der Waals surface area contributed by atoms with Crippen molar-refractivity contribution in [2.45, 2.75) is 33.4 Å². The number of nitrogens with two attached hydrogens (primary N) is 1. The van der Waals surface area contributed by atoms with Crippen molar-refractivity contribution in [1.29, 1.82) is 0 Å². The van der Waals surface area contributed by atoms with E-state index in [0.29, 0.717) is 12.1 Å². The molecule has 124 valence electrons. The second-order valence-electron chi connectivity index (χ2n) is 6.31. The van der Waals surface area contributed by atoms with Crippen LogP contribution in [-0.2, 0) is 11.3 Å². The number of likely N-dealkylation sites (N-methyl/N-ethyl adjacent to an activating group) is 1. The van der Waals surface area contributed by atoms with Crippen LogP contribution in [0.3, 0.4) is 0 Å². The first-order chi connectivity index (χ1) is 9.66. The molecule has 0 aromatic heterocycles. The molecule has 1 aromatic carbocycles. The lowest BCUT2D eigenvalue weighted by atomic mass is 9.86. The predicted molar refractivity (Wildman–Crippen MR) is 91.0 cm³/mol. The number of hydrogen-bond donors (Lipinski definition) is 2. The summed E-state index contributed by atoms with van der Waals surface area (Å²) in [5.41, 5.74) is 7.27. The van der Waals surface area contributed by atoms with Crippen LogP contribution in [0.1, 0.15) is 36.7 Å². The second-order valence-corrected chi connectivity index (χ2v) is 6.31. The zero-order valence-corrected chi connectivity index (χ0v) is 14.7. The summed E-state index contributed by atoms with van der Waals surface area (Å²) in [5, 5.41) is 2.57. The SMILES string of the molecule is CNC(=O)c1ccc(CN(C)C(=O)[C@@H](N)C(C)(C)C)cc1.Cl. The largest absolute Gasteiger partial charge is 0.355 e. The Labute approximate surface area is 138 Å². The molecule has 0 spiro atoms. The molecule has 0 unspecified atom stereocenters. The molecule has 0 aliphatic heterocycles. The Kier molecular flexibility index (Phi) is 7.56. The van der Waals surface area contributed by atoms with Gasteiger partial charge in [0.05, 0.1) is 6.04 Å². The van der Waals surface area contributed by atoms with Gasteiger partial charge in [0.1, 0.15) is 0 Å². The molecule has 6 heteroatoms. The number of nitrogens with one attached hydrogen (secondary N) is 1. The van der Waals surface area contributed by atoms with Crippen molar-refractivity contribution in [1.82, 2.24) is 10.2 Å². The zero-order chi connectivity index (χ0) is 16.2. The van der Waals surface area contributed by atoms with Gasteiger partial charge in [0.2, 0.25) is 5.91 Å². The summed E-state index contributed by atoms with van der Waals surface area (Å²) in [6.45, 7) is 6.31. The quantitative estimate of drug-likeness (QED) is 0.885. The van der Waals surface area contributed by atoms with Crippen molar-refractivity contribution in [3.63, 3.8) is 0 Å². The number of hydrogen-bond acceptors (Lipinski definition) is 3. The van der Waals surface area contributed by atoms with Gasteiger partial charge in [-0.05, 0) is 23.1 Å². The maximum Gasteiger partial charge on any atom is 0.251 e. The highest BCUT2D eigenvalue weighted by Crippen LogP contribution is 2.19. The highest BCUT2D eigenvalue weighted by Gasteiger charge is 2.29. The van der Waals surface area contributed by atoms with Crippen molar-refractivity contribution < 1.29 is 9.59 Å². The smallest absolute Gasteiger partial charge is 0.251 e. The molecule has 1 atom stereocenters. The van der Waals surface area contributed by atoms with Gasteiger partial charge in [-0.25, -0.2) is 0 Å². The highest BCUT2D eigenvalue weighted by molar-refractivity contribution is 5.93. The van der Waals surface area contributed by atoms with Crippen LogP contribution in [0.4, 0.5) is 0 Å². The Balaban J connectivity index is 0.00000441. The number of nitrogens with zero attached hydrogens (tertiary/aromatic N) is 1. The average molecular weight is 328 g/mol. The van der Waals surface area contributed by atoms with Crippen molar-refractivity contribution in [2.75, 3.05) is 14.1 Å². The molecule has 0 heterocycles. The Morgan fingerprint density at radius 1 is 1.23 bits per heavy atom. The summed E-state index contributed by atoms with van der Waals surface area (Å²) in [6, 6.07) is 6.65. The third-order valence-corrected chi connectivity index (χ3v) is 3.44. The van der Waals surface area contributed by atoms with Crippen molar-refractivity contribution in [3.8, 4) is 0 Å². The van der Waals surface area contributed by atoms with Gasteiger partial charge in [0, 0.05) is 26.2 Å². The van der Waals surface area contributed by atoms with Crippen LogP contribution in [0, 0.1) is 5.41 Å². The fourth-order valence-corrected chi connectivity index (χ4v) is 1.87. The molecule has 0 bridgehead atoms. The maximum atomic E-state index is 12.3. The monoisotopic (exact) mass is 327 g/mol. The summed E-state index contributed by atoms with van der Waals surface area (Å²) in [6.07, 6.45) is 0. The second kappa shape index (κ2) is 8.15. The van der Waals surface area contributed by atoms with Crippen molar-refractivity contribution >= 4 is 24.2 Å². The first-order valence-corrected chi connectivity index (χ1v) is 6.98. The molecule has 0 radical (unpaired) electrons. The van der Waals surface area contributed by atoms with E-state index in [-0.39, 0.29) is 29.6 Å². The van der Waals surface area contributed by atoms with Gasteiger partial charge in [0.25, 0.3) is 5.91 Å². The number of rotatable bonds is 4. The summed E-state index contributed by atoms with van der Waals surface area (Å²) < 4.78 is 0. The van der Waals surface area contributed by atoms with Crippen LogP contribution >= 0.6 is 12.4 Å². The lowest BCUT2D eigenvalue weighted by Gasteiger charge is -2.30. The molecule has 2 amide bonds. The van der Waals surface area contributed by atoms with Gasteiger partial charge in [-0.3, -0.25) is 9.59 Å². The highest BCUT2D eigenvalue weighted by atomic mass is 35.5. The molecule has 1 rings (SSSR count). The first kappa shape index (κ1) is 20.4. The standard InChI is InChI=1S/C16H25N3O2.ClH/c1-16(2,3)13(17)15(21)19(5)10-11-6-8-12(9-7-11)14(20)18-4;/h6-9,13H,10,17H2,1-5H3,(H,18,20);1H/t13-;/m1./s1. The molecule has 3 N–H and O–H groups in total. The normalized spacial score (nSPS) is 12.1. The third-order valence-electron chi connectivity index (χ3n) is 3.44. The average Bonchev–Trinajstić information content (AvgIpc) is 2.44. The van der Waals surface area contributed by atoms with E-state index in [9.17, 15) is 9.59 Å². The lowest BCUT2D eigenvalue weighted by Crippen LogP contribution is -2.48. The number of halogens is 1. The molecular formula is C16H26ClN3O2. The van der Waals surface area contributed by atoms with E-state index in [4.69, 9.17) is 5.73 Å². The van der Waals surface area contributed by atoms with E-state index in [2.05, 4.69) is 5.32 Å². The van der Waals surface area contributed by atoms with E-state index >= 15 is 0 Å². The van der Waals surface area contributed by atoms with Crippen LogP contribution < -0.4 is 11.1 Å². The van der Waals surface area contributed by atoms with Gasteiger partial charge < -0.3 is 16.0 Å². The Morgan fingerprint density at radius 3 is 2.14 bits per heavy atom. The van der Waals surface area contributed by atoms with Gasteiger partial charge in [0.15, 0.2) is 0 Å². The van der Waals surface area contributed by atoms with Gasteiger partial charge >= 0.3 is 0 Å². The fraction of sp³-hybridized carbons (Fsp3) is 0.500. The maximum absolute atomic E-state index is 12.3. The summed E-state index contributed by atoms with van der Waals surface area (Å²) in [4.78, 5) is 25.3. The van der Waals surface area contributed by atoms with Crippen LogP contribution in [0.25, 0.3) is 0 Å². The summed E-state index contributed by atoms with van der Waals surface area (Å²) >= 11 is 0. The molecule has 0 aliphatic carbocycles. The minimum atomic E-state index is -0.535. The number of amides is 2. The van der Waals surface area contributed by atoms with E-state index in [1.165, 1.54) is 0 Å². The number of carbonyl (C=O) groups excluding carboxylic acids is 2. The van der Waals surface area contributed by atoms with Crippen molar-refractivity contribution in [2.24, 2.45) is 11.1 Å². The van der Waals surface area contributed by atoms with Gasteiger partial charge in [-0.1, -0.05) is 32.9 Å². The van der Waals surface area contributed by atoms with Gasteiger partial charge in [-0.15, -0.1) is 12.4 Å². The zero-order valence-electron chi connectivity index (χ0n) is 13.8. The molecular weight excluding hydrogens is 302 g/mol. The topological polar surface area (TPSA) is 75.4 Å². The number of carbonyl (C=O) groups is 2. The Morgan fingerprint density at radius 2 is 1.73 bits per heavy atom. The molecule has 0 saturated heterocycles.